The van der Waals surface area contributed by atoms with Gasteiger partial charge in [-0.1, -0.05) is 0 Å². The van der Waals surface area contributed by atoms with Crippen LogP contribution in [0.3, 0.4) is 0 Å². The van der Waals surface area contributed by atoms with Gasteiger partial charge in [-0.15, -0.1) is 0 Å². The highest BCUT2D eigenvalue weighted by atomic mass is 16.8. The molecule has 23 heavy (non-hydrogen) atoms. The molecule has 0 spiro atoms. The molecule has 0 aromatic heterocycles. The highest BCUT2D eigenvalue weighted by Crippen LogP contribution is 2.35. The van der Waals surface area contributed by atoms with Gasteiger partial charge in [0.05, 0.1) is 13.2 Å². The largest absolute Gasteiger partial charge is 0.394 e. The Bertz CT molecular complexity index is 393. The summed E-state index contributed by atoms with van der Waals surface area (Å²) in [4.78, 5) is 0. The summed E-state index contributed by atoms with van der Waals surface area (Å²) in [6.07, 6.45) is -12.7. The second kappa shape index (κ2) is 7.21. The first kappa shape index (κ1) is 18.9. The van der Waals surface area contributed by atoms with Crippen LogP contribution in [0.15, 0.2) is 0 Å². The van der Waals surface area contributed by atoms with Gasteiger partial charge in [0.15, 0.2) is 6.29 Å². The third kappa shape index (κ3) is 3.23. The van der Waals surface area contributed by atoms with Gasteiger partial charge in [-0.25, -0.2) is 0 Å². The van der Waals surface area contributed by atoms with Gasteiger partial charge in [-0.2, -0.15) is 0 Å². The average molecular weight is 342 g/mol. The fourth-order valence-electron chi connectivity index (χ4n) is 2.63. The molecule has 11 heteroatoms. The molecule has 0 aliphatic carbocycles. The van der Waals surface area contributed by atoms with Crippen molar-refractivity contribution in [3.63, 3.8) is 0 Å². The molecule has 2 fully saturated rings. The molecule has 0 saturated carbocycles. The van der Waals surface area contributed by atoms with Crippen molar-refractivity contribution in [3.8, 4) is 0 Å². The van der Waals surface area contributed by atoms with Crippen molar-refractivity contribution in [1.82, 2.24) is 0 Å². The third-order valence-corrected chi connectivity index (χ3v) is 4.07. The maximum Gasteiger partial charge on any atom is 0.224 e. The molecule has 2 heterocycles. The Morgan fingerprint density at radius 3 is 1.87 bits per heavy atom. The lowest BCUT2D eigenvalue weighted by molar-refractivity contribution is -0.383. The number of rotatable bonds is 5. The Labute approximate surface area is 130 Å². The number of ether oxygens (including phenoxy) is 3. The van der Waals surface area contributed by atoms with E-state index in [9.17, 15) is 30.6 Å². The fourth-order valence-corrected chi connectivity index (χ4v) is 2.63. The molecule has 2 aliphatic heterocycles. The predicted molar refractivity (Wildman–Crippen MR) is 68.6 cm³/mol. The van der Waals surface area contributed by atoms with Crippen molar-refractivity contribution in [1.29, 1.82) is 0 Å². The molecular weight excluding hydrogens is 320 g/mol. The monoisotopic (exact) mass is 342 g/mol. The van der Waals surface area contributed by atoms with Gasteiger partial charge in [0, 0.05) is 0 Å². The van der Waals surface area contributed by atoms with E-state index >= 15 is 0 Å². The summed E-state index contributed by atoms with van der Waals surface area (Å²) in [5.41, 5.74) is 0. The van der Waals surface area contributed by atoms with Crippen LogP contribution in [0.25, 0.3) is 0 Å². The van der Waals surface area contributed by atoms with Crippen molar-refractivity contribution in [2.75, 3.05) is 19.8 Å². The molecule has 9 atom stereocenters. The van der Waals surface area contributed by atoms with Crippen LogP contribution in [-0.2, 0) is 14.2 Å². The van der Waals surface area contributed by atoms with Crippen LogP contribution < -0.4 is 0 Å². The molecule has 2 saturated heterocycles. The highest BCUT2D eigenvalue weighted by molar-refractivity contribution is 4.98. The number of hydrogen-bond donors (Lipinski definition) is 8. The molecule has 8 N–H and O–H groups in total. The van der Waals surface area contributed by atoms with E-state index in [1.807, 2.05) is 0 Å². The van der Waals surface area contributed by atoms with Gasteiger partial charge < -0.3 is 55.1 Å². The van der Waals surface area contributed by atoms with Gasteiger partial charge in [0.1, 0.15) is 49.3 Å². The summed E-state index contributed by atoms with van der Waals surface area (Å²) < 4.78 is 15.4. The second-order valence-electron chi connectivity index (χ2n) is 5.56. The smallest absolute Gasteiger partial charge is 0.224 e. The van der Waals surface area contributed by atoms with Gasteiger partial charge >= 0.3 is 0 Å². The summed E-state index contributed by atoms with van der Waals surface area (Å²) in [5, 5.41) is 76.7. The molecule has 136 valence electrons. The van der Waals surface area contributed by atoms with Crippen LogP contribution in [0, 0.1) is 0 Å². The van der Waals surface area contributed by atoms with E-state index in [4.69, 9.17) is 24.4 Å². The molecule has 0 amide bonds. The number of aliphatic hydroxyl groups is 8. The second-order valence-corrected chi connectivity index (χ2v) is 5.56. The minimum absolute atomic E-state index is 0.669. The molecule has 0 bridgehead atoms. The van der Waals surface area contributed by atoms with Crippen LogP contribution in [0.4, 0.5) is 0 Å². The summed E-state index contributed by atoms with van der Waals surface area (Å²) in [7, 11) is 0. The van der Waals surface area contributed by atoms with E-state index in [1.165, 1.54) is 0 Å². The van der Waals surface area contributed by atoms with Crippen molar-refractivity contribution >= 4 is 0 Å². The van der Waals surface area contributed by atoms with Gasteiger partial charge in [0.2, 0.25) is 5.79 Å². The first-order valence-corrected chi connectivity index (χ1v) is 7.05. The predicted octanol–water partition coefficient (Wildman–Crippen LogP) is -5.40. The zero-order valence-electron chi connectivity index (χ0n) is 12.0. The topological polar surface area (TPSA) is 190 Å². The van der Waals surface area contributed by atoms with E-state index in [1.54, 1.807) is 0 Å². The van der Waals surface area contributed by atoms with Crippen molar-refractivity contribution in [2.24, 2.45) is 0 Å². The van der Waals surface area contributed by atoms with E-state index in [0.29, 0.717) is 0 Å². The Hall–Kier alpha value is -0.440. The Morgan fingerprint density at radius 1 is 0.783 bits per heavy atom. The van der Waals surface area contributed by atoms with Crippen LogP contribution in [0.5, 0.6) is 0 Å². The standard InChI is InChI=1S/C12H22O11/c13-1-4-6(16)8(18)9(19)11(21-4)23-12(3-15)10(20)7(17)5(2-14)22-12/h4-11,13-20H,1-3H2/t4-,5+,6+,7+,8-,9-,10-,11+,12-/m0/s1. The first-order chi connectivity index (χ1) is 10.8. The Morgan fingerprint density at radius 2 is 1.39 bits per heavy atom. The van der Waals surface area contributed by atoms with Crippen molar-refractivity contribution in [2.45, 2.75) is 54.8 Å². The maximum atomic E-state index is 10.00. The molecule has 11 nitrogen and oxygen atoms in total. The fraction of sp³-hybridized carbons (Fsp3) is 1.00. The molecule has 0 radical (unpaired) electrons. The summed E-state index contributed by atoms with van der Waals surface area (Å²) in [5.74, 6) is -2.22. The third-order valence-electron chi connectivity index (χ3n) is 4.07. The lowest BCUT2D eigenvalue weighted by atomic mass is 9.99. The minimum Gasteiger partial charge on any atom is -0.394 e. The van der Waals surface area contributed by atoms with E-state index in [0.717, 1.165) is 0 Å². The number of hydrogen-bond acceptors (Lipinski definition) is 11. The van der Waals surface area contributed by atoms with Crippen molar-refractivity contribution in [3.05, 3.63) is 0 Å². The average Bonchev–Trinajstić information content (AvgIpc) is 2.80. The van der Waals surface area contributed by atoms with Crippen LogP contribution in [0.1, 0.15) is 0 Å². The quantitative estimate of drug-likeness (QED) is 0.238. The van der Waals surface area contributed by atoms with Crippen LogP contribution in [0.2, 0.25) is 0 Å². The molecule has 0 aromatic rings. The summed E-state index contributed by atoms with van der Waals surface area (Å²) >= 11 is 0. The first-order valence-electron chi connectivity index (χ1n) is 7.05. The molecule has 2 rings (SSSR count). The molecular formula is C12H22O11. The lowest BCUT2D eigenvalue weighted by Crippen LogP contribution is -2.62. The Kier molecular flexibility index (Phi) is 5.92. The molecule has 0 unspecified atom stereocenters. The normalized spacial score (nSPS) is 51.1. The van der Waals surface area contributed by atoms with Gasteiger partial charge in [0.25, 0.3) is 0 Å². The highest BCUT2D eigenvalue weighted by Gasteiger charge is 2.58. The summed E-state index contributed by atoms with van der Waals surface area (Å²) in [6, 6.07) is 0. The zero-order chi connectivity index (χ0) is 17.4. The summed E-state index contributed by atoms with van der Waals surface area (Å²) in [6.45, 7) is -2.32. The molecule has 0 aromatic carbocycles. The minimum atomic E-state index is -2.22. The van der Waals surface area contributed by atoms with E-state index < -0.39 is 74.6 Å². The molecule has 2 aliphatic rings. The number of aliphatic hydroxyl groups excluding tert-OH is 8. The van der Waals surface area contributed by atoms with Gasteiger partial charge in [-0.3, -0.25) is 0 Å². The van der Waals surface area contributed by atoms with Gasteiger partial charge in [-0.05, 0) is 0 Å². The van der Waals surface area contributed by atoms with Crippen LogP contribution >= 0.6 is 0 Å². The lowest BCUT2D eigenvalue weighted by Gasteiger charge is -2.43. The zero-order valence-corrected chi connectivity index (χ0v) is 12.0. The Balaban J connectivity index is 2.18. The van der Waals surface area contributed by atoms with Crippen molar-refractivity contribution < 1.29 is 55.1 Å². The van der Waals surface area contributed by atoms with E-state index in [2.05, 4.69) is 0 Å². The SMILES string of the molecule is OC[C@@H]1O[C@H](O[C@]2(CO)O[C@H](CO)[C@@H](O)[C@@H]2O)[C@@H](O)[C@@H](O)[C@@H]1O. The van der Waals surface area contributed by atoms with Crippen LogP contribution in [-0.4, -0.2) is 115 Å². The maximum absolute atomic E-state index is 10.00. The van der Waals surface area contributed by atoms with E-state index in [-0.39, 0.29) is 0 Å².